The van der Waals surface area contributed by atoms with Gasteiger partial charge in [0.15, 0.2) is 5.65 Å². The van der Waals surface area contributed by atoms with E-state index in [1.165, 1.54) is 0 Å². The fourth-order valence-electron chi connectivity index (χ4n) is 1.32. The van der Waals surface area contributed by atoms with Crippen molar-refractivity contribution in [3.05, 3.63) is 28.1 Å². The monoisotopic (exact) mass is 293 g/mol. The van der Waals surface area contributed by atoms with Gasteiger partial charge in [0.05, 0.1) is 0 Å². The highest BCUT2D eigenvalue weighted by molar-refractivity contribution is 9.10. The van der Waals surface area contributed by atoms with Crippen molar-refractivity contribution < 1.29 is 13.2 Å². The highest BCUT2D eigenvalue weighted by Gasteiger charge is 2.36. The average molecular weight is 294 g/mol. The Hall–Kier alpha value is -1.11. The lowest BCUT2D eigenvalue weighted by molar-refractivity contribution is -0.144. The van der Waals surface area contributed by atoms with E-state index in [2.05, 4.69) is 26.0 Å². The first-order valence-corrected chi connectivity index (χ1v) is 5.33. The van der Waals surface area contributed by atoms with E-state index in [1.54, 1.807) is 12.1 Å². The van der Waals surface area contributed by atoms with E-state index in [0.29, 0.717) is 4.60 Å². The van der Waals surface area contributed by atoms with Crippen LogP contribution in [0.25, 0.3) is 5.65 Å². The second-order valence-corrected chi connectivity index (χ2v) is 4.06. The van der Waals surface area contributed by atoms with Gasteiger partial charge in [0, 0.05) is 0 Å². The van der Waals surface area contributed by atoms with Gasteiger partial charge in [-0.15, -0.1) is 5.10 Å². The number of nitrogens with zero attached hydrogens (tertiary/aromatic N) is 3. The number of fused-ring (bicyclic) bond motifs is 1. The van der Waals surface area contributed by atoms with Crippen LogP contribution < -0.4 is 0 Å². The molecule has 2 aromatic rings. The van der Waals surface area contributed by atoms with Crippen molar-refractivity contribution in [1.82, 2.24) is 14.6 Å². The maximum absolute atomic E-state index is 12.4. The maximum atomic E-state index is 12.4. The first kappa shape index (κ1) is 11.4. The standard InChI is InChI=1S/C9H7BrF3N3/c1-2-5-3-6(10)16-7(4-5)14-8(15-16)9(11,12)13/h3-4H,2H2,1H3. The van der Waals surface area contributed by atoms with Gasteiger partial charge in [-0.3, -0.25) is 0 Å². The zero-order valence-electron chi connectivity index (χ0n) is 8.22. The Balaban J connectivity index is 2.66. The molecule has 0 atom stereocenters. The topological polar surface area (TPSA) is 30.2 Å². The van der Waals surface area contributed by atoms with Gasteiger partial charge in [-0.25, -0.2) is 9.50 Å². The molecule has 0 saturated carbocycles. The molecule has 2 heterocycles. The van der Waals surface area contributed by atoms with Gasteiger partial charge in [-0.1, -0.05) is 6.92 Å². The number of aromatic nitrogens is 3. The van der Waals surface area contributed by atoms with Crippen LogP contribution >= 0.6 is 15.9 Å². The normalized spacial score (nSPS) is 12.3. The van der Waals surface area contributed by atoms with Crippen LogP contribution in [0, 0.1) is 0 Å². The summed E-state index contributed by atoms with van der Waals surface area (Å²) in [5, 5.41) is 3.39. The lowest BCUT2D eigenvalue weighted by atomic mass is 10.2. The molecular formula is C9H7BrF3N3. The van der Waals surface area contributed by atoms with E-state index in [1.807, 2.05) is 6.92 Å². The third-order valence-electron chi connectivity index (χ3n) is 2.12. The van der Waals surface area contributed by atoms with Crippen LogP contribution in [0.4, 0.5) is 13.2 Å². The van der Waals surface area contributed by atoms with Crippen molar-refractivity contribution in [2.75, 3.05) is 0 Å². The highest BCUT2D eigenvalue weighted by Crippen LogP contribution is 2.27. The summed E-state index contributed by atoms with van der Waals surface area (Å²) >= 11 is 3.16. The largest absolute Gasteiger partial charge is 0.453 e. The SMILES string of the molecule is CCc1cc(Br)n2nc(C(F)(F)F)nc2c1. The fraction of sp³-hybridized carbons (Fsp3) is 0.333. The summed E-state index contributed by atoms with van der Waals surface area (Å²) < 4.78 is 38.7. The molecule has 0 fully saturated rings. The van der Waals surface area contributed by atoms with Crippen LogP contribution in [-0.2, 0) is 12.6 Å². The first-order valence-electron chi connectivity index (χ1n) is 4.54. The zero-order valence-corrected chi connectivity index (χ0v) is 9.80. The summed E-state index contributed by atoms with van der Waals surface area (Å²) in [6, 6.07) is 3.31. The second kappa shape index (κ2) is 3.73. The van der Waals surface area contributed by atoms with E-state index in [-0.39, 0.29) is 5.65 Å². The van der Waals surface area contributed by atoms with E-state index in [4.69, 9.17) is 0 Å². The number of alkyl halides is 3. The average Bonchev–Trinajstić information content (AvgIpc) is 2.61. The van der Waals surface area contributed by atoms with Crippen LogP contribution in [-0.4, -0.2) is 14.6 Å². The van der Waals surface area contributed by atoms with E-state index < -0.39 is 12.0 Å². The molecule has 16 heavy (non-hydrogen) atoms. The van der Waals surface area contributed by atoms with E-state index >= 15 is 0 Å². The van der Waals surface area contributed by atoms with Gasteiger partial charge in [-0.2, -0.15) is 13.2 Å². The molecular weight excluding hydrogens is 287 g/mol. The smallest absolute Gasteiger partial charge is 0.206 e. The minimum atomic E-state index is -4.52. The lowest BCUT2D eigenvalue weighted by Crippen LogP contribution is -2.07. The summed E-state index contributed by atoms with van der Waals surface area (Å²) in [7, 11) is 0. The summed E-state index contributed by atoms with van der Waals surface area (Å²) in [6.45, 7) is 1.92. The number of aryl methyl sites for hydroxylation is 1. The van der Waals surface area contributed by atoms with Crippen molar-refractivity contribution in [3.63, 3.8) is 0 Å². The van der Waals surface area contributed by atoms with Crippen LogP contribution in [0.5, 0.6) is 0 Å². The Bertz CT molecular complexity index is 533. The van der Waals surface area contributed by atoms with Crippen molar-refractivity contribution in [2.45, 2.75) is 19.5 Å². The summed E-state index contributed by atoms with van der Waals surface area (Å²) in [5.74, 6) is -1.12. The molecule has 0 N–H and O–H groups in total. The van der Waals surface area contributed by atoms with Crippen LogP contribution in [0.1, 0.15) is 18.3 Å². The molecule has 2 aromatic heterocycles. The third kappa shape index (κ3) is 1.91. The molecule has 0 bridgehead atoms. The quantitative estimate of drug-likeness (QED) is 0.757. The van der Waals surface area contributed by atoms with Gasteiger partial charge in [0.25, 0.3) is 5.82 Å². The Morgan fingerprint density at radius 3 is 2.62 bits per heavy atom. The third-order valence-corrected chi connectivity index (χ3v) is 2.68. The molecule has 0 aliphatic carbocycles. The van der Waals surface area contributed by atoms with Crippen LogP contribution in [0.3, 0.4) is 0 Å². The predicted octanol–water partition coefficient (Wildman–Crippen LogP) is 3.07. The van der Waals surface area contributed by atoms with Crippen molar-refractivity contribution in [2.24, 2.45) is 0 Å². The van der Waals surface area contributed by atoms with Gasteiger partial charge in [0.2, 0.25) is 0 Å². The number of halogens is 4. The van der Waals surface area contributed by atoms with Gasteiger partial charge >= 0.3 is 6.18 Å². The summed E-state index contributed by atoms with van der Waals surface area (Å²) in [5.41, 5.74) is 1.10. The van der Waals surface area contributed by atoms with Gasteiger partial charge in [0.1, 0.15) is 4.60 Å². The minimum absolute atomic E-state index is 0.193. The van der Waals surface area contributed by atoms with Crippen LogP contribution in [0.15, 0.2) is 16.7 Å². The number of rotatable bonds is 1. The lowest BCUT2D eigenvalue weighted by Gasteiger charge is -1.99. The molecule has 0 saturated heterocycles. The predicted molar refractivity (Wildman–Crippen MR) is 55.1 cm³/mol. The maximum Gasteiger partial charge on any atom is 0.453 e. The Morgan fingerprint density at radius 2 is 2.06 bits per heavy atom. The van der Waals surface area contributed by atoms with E-state index in [9.17, 15) is 13.2 Å². The zero-order chi connectivity index (χ0) is 11.9. The van der Waals surface area contributed by atoms with E-state index in [0.717, 1.165) is 16.5 Å². The van der Waals surface area contributed by atoms with Crippen molar-refractivity contribution >= 4 is 21.6 Å². The molecule has 0 spiro atoms. The molecule has 0 aliphatic rings. The molecule has 0 unspecified atom stereocenters. The van der Waals surface area contributed by atoms with Crippen LogP contribution in [0.2, 0.25) is 0 Å². The highest BCUT2D eigenvalue weighted by atomic mass is 79.9. The molecule has 0 aliphatic heterocycles. The summed E-state index contributed by atoms with van der Waals surface area (Å²) in [4.78, 5) is 3.45. The minimum Gasteiger partial charge on any atom is -0.206 e. The molecule has 0 radical (unpaired) electrons. The number of pyridine rings is 1. The molecule has 0 aromatic carbocycles. The molecule has 86 valence electrons. The fourth-order valence-corrected chi connectivity index (χ4v) is 1.88. The van der Waals surface area contributed by atoms with Gasteiger partial charge < -0.3 is 0 Å². The molecule has 2 rings (SSSR count). The molecule has 7 heteroatoms. The Morgan fingerprint density at radius 1 is 1.38 bits per heavy atom. The Kier molecular flexibility index (Phi) is 2.65. The first-order chi connectivity index (χ1) is 7.41. The van der Waals surface area contributed by atoms with Crippen molar-refractivity contribution in [3.8, 4) is 0 Å². The molecule has 0 amide bonds. The second-order valence-electron chi connectivity index (χ2n) is 3.24. The number of hydrogen-bond donors (Lipinski definition) is 0. The van der Waals surface area contributed by atoms with Crippen molar-refractivity contribution in [1.29, 1.82) is 0 Å². The molecule has 3 nitrogen and oxygen atoms in total. The summed E-state index contributed by atoms with van der Waals surface area (Å²) in [6.07, 6.45) is -3.79. The van der Waals surface area contributed by atoms with Gasteiger partial charge in [-0.05, 0) is 40.0 Å². The Labute approximate surface area is 97.4 Å². The number of hydrogen-bond acceptors (Lipinski definition) is 2.